The Hall–Kier alpha value is -2.42. The van der Waals surface area contributed by atoms with E-state index in [1.807, 2.05) is 22.2 Å². The average Bonchev–Trinajstić information content (AvgIpc) is 3.16. The molecule has 8 nitrogen and oxygen atoms in total. The number of carbonyl (C=O) groups excluding carboxylic acids is 1. The Labute approximate surface area is 141 Å². The fourth-order valence-corrected chi connectivity index (χ4v) is 3.69. The van der Waals surface area contributed by atoms with Crippen molar-refractivity contribution in [3.05, 3.63) is 39.8 Å². The first-order valence-corrected chi connectivity index (χ1v) is 8.93. The van der Waals surface area contributed by atoms with E-state index in [0.29, 0.717) is 13.1 Å². The Morgan fingerprint density at radius 2 is 2.25 bits per heavy atom. The van der Waals surface area contributed by atoms with E-state index >= 15 is 0 Å². The van der Waals surface area contributed by atoms with Crippen LogP contribution in [0.15, 0.2) is 22.6 Å². The lowest BCUT2D eigenvalue weighted by atomic mass is 10.2. The van der Waals surface area contributed by atoms with Crippen molar-refractivity contribution in [2.24, 2.45) is 0 Å². The van der Waals surface area contributed by atoms with E-state index < -0.39 is 0 Å². The molecule has 3 aromatic heterocycles. The number of rotatable bonds is 4. The summed E-state index contributed by atoms with van der Waals surface area (Å²) >= 11 is 1.54. The first kappa shape index (κ1) is 15.1. The quantitative estimate of drug-likeness (QED) is 0.757. The van der Waals surface area contributed by atoms with Crippen LogP contribution >= 0.6 is 11.3 Å². The minimum atomic E-state index is -0.235. The molecule has 4 heterocycles. The standard InChI is InChI=1S/C15H18N6O2S/c22-13(16-8-11-9-19-6-7-24-14(19)17-11)10-21-15(23)20-5-3-1-2-4-12(20)18-21/h6-7,9H,1-5,8,10H2,(H,16,22). The largest absolute Gasteiger partial charge is 0.349 e. The number of imidazole rings is 1. The number of nitrogens with one attached hydrogen (secondary N) is 1. The van der Waals surface area contributed by atoms with Gasteiger partial charge in [0.15, 0.2) is 4.96 Å². The van der Waals surface area contributed by atoms with Crippen molar-refractivity contribution in [2.45, 2.75) is 45.3 Å². The molecule has 4 rings (SSSR count). The summed E-state index contributed by atoms with van der Waals surface area (Å²) in [7, 11) is 0. The summed E-state index contributed by atoms with van der Waals surface area (Å²) in [4.78, 5) is 29.8. The average molecular weight is 346 g/mol. The van der Waals surface area contributed by atoms with Crippen LogP contribution in [0, 0.1) is 0 Å². The molecule has 9 heteroatoms. The molecule has 1 aliphatic heterocycles. The highest BCUT2D eigenvalue weighted by Crippen LogP contribution is 2.11. The molecule has 0 unspecified atom stereocenters. The molecule has 1 aliphatic rings. The summed E-state index contributed by atoms with van der Waals surface area (Å²) in [6, 6.07) is 0. The molecule has 0 atom stereocenters. The smallest absolute Gasteiger partial charge is 0.346 e. The number of nitrogens with zero attached hydrogens (tertiary/aromatic N) is 5. The van der Waals surface area contributed by atoms with E-state index in [-0.39, 0.29) is 18.1 Å². The van der Waals surface area contributed by atoms with Gasteiger partial charge in [0.05, 0.1) is 12.2 Å². The highest BCUT2D eigenvalue weighted by atomic mass is 32.1. The van der Waals surface area contributed by atoms with Gasteiger partial charge in [-0.05, 0) is 12.8 Å². The van der Waals surface area contributed by atoms with Crippen molar-refractivity contribution < 1.29 is 4.79 Å². The van der Waals surface area contributed by atoms with Gasteiger partial charge in [0, 0.05) is 30.7 Å². The molecule has 0 saturated carbocycles. The molecule has 0 fully saturated rings. The predicted molar refractivity (Wildman–Crippen MR) is 89.0 cm³/mol. The van der Waals surface area contributed by atoms with E-state index in [1.165, 1.54) is 4.68 Å². The van der Waals surface area contributed by atoms with Crippen LogP contribution < -0.4 is 11.0 Å². The zero-order valence-electron chi connectivity index (χ0n) is 13.1. The fraction of sp³-hybridized carbons (Fsp3) is 0.467. The molecular weight excluding hydrogens is 328 g/mol. The number of hydrogen-bond acceptors (Lipinski definition) is 5. The zero-order valence-corrected chi connectivity index (χ0v) is 14.0. The number of aromatic nitrogens is 5. The highest BCUT2D eigenvalue weighted by Gasteiger charge is 2.17. The number of hydrogen-bond donors (Lipinski definition) is 1. The number of carbonyl (C=O) groups is 1. The molecule has 3 aromatic rings. The van der Waals surface area contributed by atoms with Crippen LogP contribution in [0.3, 0.4) is 0 Å². The molecule has 1 amide bonds. The highest BCUT2D eigenvalue weighted by molar-refractivity contribution is 7.15. The summed E-state index contributed by atoms with van der Waals surface area (Å²) < 4.78 is 4.88. The third-order valence-electron chi connectivity index (χ3n) is 4.18. The Morgan fingerprint density at radius 3 is 3.12 bits per heavy atom. The molecule has 0 aromatic carbocycles. The number of fused-ring (bicyclic) bond motifs is 2. The summed E-state index contributed by atoms with van der Waals surface area (Å²) in [6.45, 7) is 0.984. The van der Waals surface area contributed by atoms with Crippen molar-refractivity contribution in [1.29, 1.82) is 0 Å². The lowest BCUT2D eigenvalue weighted by Crippen LogP contribution is -2.33. The van der Waals surface area contributed by atoms with E-state index in [0.717, 1.165) is 42.2 Å². The Balaban J connectivity index is 1.41. The maximum atomic E-state index is 12.3. The number of thiazole rings is 1. The predicted octanol–water partition coefficient (Wildman–Crippen LogP) is 0.797. The molecular formula is C15H18N6O2S. The summed E-state index contributed by atoms with van der Waals surface area (Å²) in [5.41, 5.74) is 0.604. The second-order valence-corrected chi connectivity index (χ2v) is 6.79. The van der Waals surface area contributed by atoms with Crippen LogP contribution in [0.25, 0.3) is 4.96 Å². The molecule has 24 heavy (non-hydrogen) atoms. The topological polar surface area (TPSA) is 86.2 Å². The van der Waals surface area contributed by atoms with E-state index in [4.69, 9.17) is 0 Å². The van der Waals surface area contributed by atoms with Gasteiger partial charge in [0.2, 0.25) is 5.91 Å². The van der Waals surface area contributed by atoms with Gasteiger partial charge in [-0.15, -0.1) is 11.3 Å². The molecule has 126 valence electrons. The van der Waals surface area contributed by atoms with Crippen LogP contribution in [0.1, 0.15) is 30.8 Å². The SMILES string of the molecule is O=C(Cn1nc2n(c1=O)CCCCC2)NCc1cn2ccsc2n1. The second-order valence-electron chi connectivity index (χ2n) is 5.92. The van der Waals surface area contributed by atoms with E-state index in [2.05, 4.69) is 15.4 Å². The normalized spacial score (nSPS) is 14.5. The molecule has 0 aliphatic carbocycles. The molecule has 0 spiro atoms. The molecule has 1 N–H and O–H groups in total. The Kier molecular flexibility index (Phi) is 3.93. The summed E-state index contributed by atoms with van der Waals surface area (Å²) in [6.07, 6.45) is 7.76. The lowest BCUT2D eigenvalue weighted by molar-refractivity contribution is -0.122. The van der Waals surface area contributed by atoms with Crippen LogP contribution in [-0.2, 0) is 30.8 Å². The zero-order chi connectivity index (χ0) is 16.5. The van der Waals surface area contributed by atoms with Crippen molar-refractivity contribution in [3.63, 3.8) is 0 Å². The summed E-state index contributed by atoms with van der Waals surface area (Å²) in [5, 5.41) is 9.08. The van der Waals surface area contributed by atoms with Gasteiger partial charge in [0.1, 0.15) is 12.4 Å². The first-order chi connectivity index (χ1) is 11.7. The van der Waals surface area contributed by atoms with Crippen molar-refractivity contribution >= 4 is 22.2 Å². The van der Waals surface area contributed by atoms with Crippen molar-refractivity contribution in [3.8, 4) is 0 Å². The van der Waals surface area contributed by atoms with E-state index in [1.54, 1.807) is 15.9 Å². The van der Waals surface area contributed by atoms with Gasteiger partial charge in [-0.3, -0.25) is 13.8 Å². The number of amides is 1. The summed E-state index contributed by atoms with van der Waals surface area (Å²) in [5.74, 6) is 0.557. The van der Waals surface area contributed by atoms with Gasteiger partial charge >= 0.3 is 5.69 Å². The van der Waals surface area contributed by atoms with Crippen LogP contribution in [0.5, 0.6) is 0 Å². The Morgan fingerprint density at radius 1 is 1.33 bits per heavy atom. The monoisotopic (exact) mass is 346 g/mol. The Bertz CT molecular complexity index is 905. The second kappa shape index (κ2) is 6.23. The van der Waals surface area contributed by atoms with Crippen molar-refractivity contribution in [2.75, 3.05) is 0 Å². The number of aryl methyl sites for hydroxylation is 1. The molecule has 0 radical (unpaired) electrons. The molecule has 0 saturated heterocycles. The van der Waals surface area contributed by atoms with Crippen LogP contribution in [0.4, 0.5) is 0 Å². The lowest BCUT2D eigenvalue weighted by Gasteiger charge is -2.02. The third kappa shape index (κ3) is 2.86. The third-order valence-corrected chi connectivity index (χ3v) is 4.96. The maximum absolute atomic E-state index is 12.3. The van der Waals surface area contributed by atoms with Gasteiger partial charge < -0.3 is 5.32 Å². The van der Waals surface area contributed by atoms with Crippen molar-refractivity contribution in [1.82, 2.24) is 29.0 Å². The van der Waals surface area contributed by atoms with E-state index in [9.17, 15) is 9.59 Å². The van der Waals surface area contributed by atoms with Gasteiger partial charge in [-0.1, -0.05) is 6.42 Å². The fourth-order valence-electron chi connectivity index (χ4n) is 2.97. The maximum Gasteiger partial charge on any atom is 0.346 e. The first-order valence-electron chi connectivity index (χ1n) is 8.05. The van der Waals surface area contributed by atoms with Crippen LogP contribution in [-0.4, -0.2) is 29.6 Å². The van der Waals surface area contributed by atoms with Crippen LogP contribution in [0.2, 0.25) is 0 Å². The minimum absolute atomic E-state index is 0.0545. The minimum Gasteiger partial charge on any atom is -0.349 e. The molecule has 0 bridgehead atoms. The van der Waals surface area contributed by atoms with Gasteiger partial charge in [-0.2, -0.15) is 5.10 Å². The van der Waals surface area contributed by atoms with Gasteiger partial charge in [0.25, 0.3) is 0 Å². The van der Waals surface area contributed by atoms with Gasteiger partial charge in [-0.25, -0.2) is 14.5 Å².